The Balaban J connectivity index is 3.08. The molecule has 0 saturated heterocycles. The van der Waals surface area contributed by atoms with Gasteiger partial charge in [-0.05, 0) is 43.5 Å². The molecule has 0 aliphatic rings. The summed E-state index contributed by atoms with van der Waals surface area (Å²) in [6.45, 7) is 5.71. The van der Waals surface area contributed by atoms with Gasteiger partial charge < -0.3 is 4.52 Å². The van der Waals surface area contributed by atoms with Crippen LogP contribution in [0.2, 0.25) is 0 Å². The lowest BCUT2D eigenvalue weighted by Gasteiger charge is -2.15. The molecule has 0 aliphatic heterocycles. The van der Waals surface area contributed by atoms with E-state index in [0.29, 0.717) is 5.75 Å². The lowest BCUT2D eigenvalue weighted by atomic mass is 10.0. The molecule has 90 valence electrons. The predicted molar refractivity (Wildman–Crippen MR) is 62.8 cm³/mol. The van der Waals surface area contributed by atoms with E-state index in [-0.39, 0.29) is 0 Å². The zero-order valence-electron chi connectivity index (χ0n) is 8.99. The van der Waals surface area contributed by atoms with Gasteiger partial charge in [0.2, 0.25) is 0 Å². The second-order valence-electron chi connectivity index (χ2n) is 3.31. The van der Waals surface area contributed by atoms with Crippen LogP contribution >= 0.6 is 31.6 Å². The van der Waals surface area contributed by atoms with E-state index in [4.69, 9.17) is 28.3 Å². The summed E-state index contributed by atoms with van der Waals surface area (Å²) in [4.78, 5) is 0. The highest BCUT2D eigenvalue weighted by Gasteiger charge is 2.29. The van der Waals surface area contributed by atoms with E-state index in [1.807, 2.05) is 26.8 Å². The molecule has 0 unspecified atom stereocenters. The van der Waals surface area contributed by atoms with Crippen molar-refractivity contribution in [1.29, 1.82) is 0 Å². The topological polar surface area (TPSA) is 44.8 Å². The molecule has 0 saturated carbocycles. The van der Waals surface area contributed by atoms with Crippen molar-refractivity contribution in [1.82, 2.24) is 0 Å². The van der Waals surface area contributed by atoms with E-state index in [1.54, 1.807) is 6.07 Å². The third-order valence-electron chi connectivity index (χ3n) is 2.39. The van der Waals surface area contributed by atoms with Gasteiger partial charge in [0.25, 0.3) is 0 Å². The van der Waals surface area contributed by atoms with Crippen LogP contribution in [0.1, 0.15) is 16.7 Å². The normalized spacial score (nSPS) is 11.6. The summed E-state index contributed by atoms with van der Waals surface area (Å²) >= 11 is 9.97. The van der Waals surface area contributed by atoms with Crippen LogP contribution in [0.25, 0.3) is 0 Å². The van der Waals surface area contributed by atoms with Crippen LogP contribution in [0.5, 0.6) is 5.75 Å². The molecule has 0 aliphatic carbocycles. The fourth-order valence-electron chi connectivity index (χ4n) is 1.19. The summed E-state index contributed by atoms with van der Waals surface area (Å²) in [5.41, 5.74) is 2.94. The highest BCUT2D eigenvalue weighted by Crippen LogP contribution is 2.52. The molecule has 1 aromatic carbocycles. The second kappa shape index (κ2) is 5.39. The van der Waals surface area contributed by atoms with Gasteiger partial charge in [-0.1, -0.05) is 6.07 Å². The van der Waals surface area contributed by atoms with Crippen molar-refractivity contribution in [2.75, 3.05) is 0 Å². The molecule has 1 rings (SSSR count). The SMILES string of the molecule is Cc1ccc(OP(=O)(OCl)OCl)c(C)c1C. The van der Waals surface area contributed by atoms with Crippen molar-refractivity contribution in [2.24, 2.45) is 0 Å². The number of halogens is 2. The first-order chi connectivity index (χ1) is 7.43. The summed E-state index contributed by atoms with van der Waals surface area (Å²) in [6, 6.07) is 3.47. The quantitative estimate of drug-likeness (QED) is 0.767. The van der Waals surface area contributed by atoms with Gasteiger partial charge in [-0.25, -0.2) is 4.57 Å². The van der Waals surface area contributed by atoms with Crippen LogP contribution in [0, 0.1) is 20.8 Å². The molecule has 0 fully saturated rings. The fourth-order valence-corrected chi connectivity index (χ4v) is 2.13. The number of rotatable bonds is 4. The molecule has 16 heavy (non-hydrogen) atoms. The predicted octanol–water partition coefficient (Wildman–Crippen LogP) is 4.44. The van der Waals surface area contributed by atoms with Gasteiger partial charge in [0.05, 0.1) is 23.7 Å². The molecule has 0 spiro atoms. The van der Waals surface area contributed by atoms with Crippen LogP contribution in [0.3, 0.4) is 0 Å². The molecule has 0 aromatic heterocycles. The fraction of sp³-hybridized carbons (Fsp3) is 0.333. The van der Waals surface area contributed by atoms with Crippen LogP contribution in [-0.4, -0.2) is 0 Å². The molecule has 1 aromatic rings. The maximum absolute atomic E-state index is 11.5. The van der Waals surface area contributed by atoms with Gasteiger partial charge in [-0.3, -0.25) is 0 Å². The van der Waals surface area contributed by atoms with Crippen molar-refractivity contribution in [2.45, 2.75) is 20.8 Å². The zero-order chi connectivity index (χ0) is 12.3. The van der Waals surface area contributed by atoms with E-state index in [1.165, 1.54) is 0 Å². The minimum atomic E-state index is -3.93. The Morgan fingerprint density at radius 2 is 1.62 bits per heavy atom. The Morgan fingerprint density at radius 3 is 2.12 bits per heavy atom. The first-order valence-electron chi connectivity index (χ1n) is 4.40. The monoisotopic (exact) mass is 284 g/mol. The molecule has 7 heteroatoms. The Hall–Kier alpha value is -0.250. The maximum Gasteiger partial charge on any atom is 0.563 e. The van der Waals surface area contributed by atoms with Gasteiger partial charge in [0.1, 0.15) is 5.75 Å². The van der Waals surface area contributed by atoms with E-state index < -0.39 is 7.82 Å². The summed E-state index contributed by atoms with van der Waals surface area (Å²) in [7, 11) is -3.93. The lowest BCUT2D eigenvalue weighted by Crippen LogP contribution is -1.97. The highest BCUT2D eigenvalue weighted by atomic mass is 35.5. The second-order valence-corrected chi connectivity index (χ2v) is 5.49. The molecule has 0 bridgehead atoms. The molecular formula is C9H11Cl2O4P. The van der Waals surface area contributed by atoms with Crippen molar-refractivity contribution < 1.29 is 17.2 Å². The van der Waals surface area contributed by atoms with Crippen molar-refractivity contribution in [3.05, 3.63) is 28.8 Å². The first kappa shape index (κ1) is 13.8. The Kier molecular flexibility index (Phi) is 4.65. The minimum Gasteiger partial charge on any atom is -0.402 e. The van der Waals surface area contributed by atoms with Gasteiger partial charge in [0, 0.05) is 0 Å². The molecule has 0 radical (unpaired) electrons. The average Bonchev–Trinajstić information content (AvgIpc) is 2.30. The number of benzene rings is 1. The first-order valence-corrected chi connectivity index (χ1v) is 6.48. The van der Waals surface area contributed by atoms with Gasteiger partial charge in [-0.15, -0.1) is 0 Å². The Labute approximate surface area is 104 Å². The Bertz CT molecular complexity index is 428. The van der Waals surface area contributed by atoms with Gasteiger partial charge in [0.15, 0.2) is 0 Å². The Morgan fingerprint density at radius 1 is 1.06 bits per heavy atom. The average molecular weight is 285 g/mol. The smallest absolute Gasteiger partial charge is 0.402 e. The van der Waals surface area contributed by atoms with Gasteiger partial charge in [-0.2, -0.15) is 8.15 Å². The summed E-state index contributed by atoms with van der Waals surface area (Å²) in [5.74, 6) is 0.354. The maximum atomic E-state index is 11.5. The van der Waals surface area contributed by atoms with Gasteiger partial charge >= 0.3 is 7.82 Å². The van der Waals surface area contributed by atoms with Crippen molar-refractivity contribution in [3.8, 4) is 5.75 Å². The summed E-state index contributed by atoms with van der Waals surface area (Å²) in [6.07, 6.45) is 0. The third-order valence-corrected chi connectivity index (χ3v) is 4.16. The van der Waals surface area contributed by atoms with Crippen LogP contribution in [0.4, 0.5) is 0 Å². The van der Waals surface area contributed by atoms with Crippen LogP contribution < -0.4 is 4.52 Å². The molecule has 0 atom stereocenters. The number of hydrogen-bond donors (Lipinski definition) is 0. The number of aryl methyl sites for hydroxylation is 1. The molecule has 0 heterocycles. The minimum absolute atomic E-state index is 0.354. The number of hydrogen-bond acceptors (Lipinski definition) is 4. The summed E-state index contributed by atoms with van der Waals surface area (Å²) < 4.78 is 24.7. The number of phosphoric acid groups is 1. The van der Waals surface area contributed by atoms with E-state index in [0.717, 1.165) is 16.7 Å². The van der Waals surface area contributed by atoms with Crippen LogP contribution in [0.15, 0.2) is 12.1 Å². The van der Waals surface area contributed by atoms with E-state index >= 15 is 0 Å². The van der Waals surface area contributed by atoms with E-state index in [9.17, 15) is 4.57 Å². The summed E-state index contributed by atoms with van der Waals surface area (Å²) in [5, 5.41) is 0. The highest BCUT2D eigenvalue weighted by molar-refractivity contribution is 7.50. The largest absolute Gasteiger partial charge is 0.563 e. The molecule has 0 N–H and O–H groups in total. The lowest BCUT2D eigenvalue weighted by molar-refractivity contribution is 0.317. The van der Waals surface area contributed by atoms with E-state index in [2.05, 4.69) is 8.15 Å². The van der Waals surface area contributed by atoms with Crippen molar-refractivity contribution >= 4 is 31.6 Å². The molecule has 0 amide bonds. The third kappa shape index (κ3) is 2.90. The molecular weight excluding hydrogens is 274 g/mol. The standard InChI is InChI=1S/C9H11Cl2O4P/c1-6-4-5-9(8(3)7(6)2)13-16(12,14-10)15-11/h4-5H,1-3H3. The van der Waals surface area contributed by atoms with Crippen LogP contribution in [-0.2, 0) is 12.7 Å². The zero-order valence-corrected chi connectivity index (χ0v) is 11.4. The van der Waals surface area contributed by atoms with Crippen molar-refractivity contribution in [3.63, 3.8) is 0 Å². The molecule has 4 nitrogen and oxygen atoms in total.